The Morgan fingerprint density at radius 1 is 1.22 bits per heavy atom. The van der Waals surface area contributed by atoms with Crippen molar-refractivity contribution in [1.82, 2.24) is 9.88 Å². The molecule has 2 heterocycles. The van der Waals surface area contributed by atoms with Crippen molar-refractivity contribution in [3.8, 4) is 5.75 Å². The number of carbonyl (C=O) groups is 1. The molecule has 1 aliphatic rings. The zero-order valence-electron chi connectivity index (χ0n) is 15.7. The summed E-state index contributed by atoms with van der Waals surface area (Å²) >= 11 is 0. The monoisotopic (exact) mass is 364 g/mol. The number of para-hydroxylation sites is 1. The maximum atomic E-state index is 12.8. The van der Waals surface area contributed by atoms with Gasteiger partial charge in [-0.05, 0) is 42.7 Å². The number of amides is 1. The van der Waals surface area contributed by atoms with Crippen LogP contribution in [0.2, 0.25) is 0 Å². The summed E-state index contributed by atoms with van der Waals surface area (Å²) < 4.78 is 10.8. The second kappa shape index (κ2) is 7.45. The Balaban J connectivity index is 1.85. The summed E-state index contributed by atoms with van der Waals surface area (Å²) in [6.07, 6.45) is 0.830. The standard InChI is InChI=1S/C22H24N2O3/c1-3-27-16-8-6-7-15(13-16)22-21-18(11-12-24(22)20(25)14-26-2)17-9-4-5-10-19(17)23-21/h4-10,13,22-23H,3,11-12,14H2,1-2H3. The SMILES string of the molecule is CCOc1cccc(C2c3[nH]c4ccccc4c3CCN2C(=O)COC)c1. The Morgan fingerprint density at radius 2 is 2.07 bits per heavy atom. The molecule has 4 rings (SSSR count). The highest BCUT2D eigenvalue weighted by Gasteiger charge is 2.34. The Morgan fingerprint density at radius 3 is 2.89 bits per heavy atom. The Kier molecular flexibility index (Phi) is 4.86. The molecule has 0 radical (unpaired) electrons. The molecule has 0 saturated carbocycles. The number of hydrogen-bond acceptors (Lipinski definition) is 3. The molecule has 0 fully saturated rings. The number of carbonyl (C=O) groups excluding carboxylic acids is 1. The molecule has 140 valence electrons. The predicted octanol–water partition coefficient (Wildman–Crippen LogP) is 3.69. The van der Waals surface area contributed by atoms with Crippen molar-refractivity contribution < 1.29 is 14.3 Å². The van der Waals surface area contributed by atoms with E-state index in [4.69, 9.17) is 9.47 Å². The zero-order chi connectivity index (χ0) is 18.8. The van der Waals surface area contributed by atoms with Crippen LogP contribution in [0.25, 0.3) is 10.9 Å². The first-order valence-corrected chi connectivity index (χ1v) is 9.33. The first kappa shape index (κ1) is 17.6. The van der Waals surface area contributed by atoms with Crippen molar-refractivity contribution in [1.29, 1.82) is 0 Å². The third-order valence-electron chi connectivity index (χ3n) is 5.11. The van der Waals surface area contributed by atoms with Crippen LogP contribution in [0.5, 0.6) is 5.75 Å². The van der Waals surface area contributed by atoms with E-state index in [1.54, 1.807) is 7.11 Å². The van der Waals surface area contributed by atoms with Gasteiger partial charge in [0.05, 0.1) is 12.6 Å². The van der Waals surface area contributed by atoms with Gasteiger partial charge >= 0.3 is 0 Å². The van der Waals surface area contributed by atoms with Gasteiger partial charge in [0.25, 0.3) is 0 Å². The maximum absolute atomic E-state index is 12.8. The number of aromatic nitrogens is 1. The van der Waals surface area contributed by atoms with Crippen LogP contribution >= 0.6 is 0 Å². The van der Waals surface area contributed by atoms with Gasteiger partial charge in [0.1, 0.15) is 12.4 Å². The quantitative estimate of drug-likeness (QED) is 0.751. The van der Waals surface area contributed by atoms with Gasteiger partial charge in [0, 0.05) is 30.3 Å². The molecule has 1 atom stereocenters. The molecule has 1 amide bonds. The fraction of sp³-hybridized carbons (Fsp3) is 0.318. The fourth-order valence-electron chi connectivity index (χ4n) is 4.00. The molecule has 1 aromatic heterocycles. The summed E-state index contributed by atoms with van der Waals surface area (Å²) in [5.41, 5.74) is 4.52. The number of nitrogens with zero attached hydrogens (tertiary/aromatic N) is 1. The van der Waals surface area contributed by atoms with E-state index in [2.05, 4.69) is 29.2 Å². The van der Waals surface area contributed by atoms with E-state index >= 15 is 0 Å². The third-order valence-corrected chi connectivity index (χ3v) is 5.11. The highest BCUT2D eigenvalue weighted by atomic mass is 16.5. The first-order valence-electron chi connectivity index (χ1n) is 9.33. The molecule has 0 saturated heterocycles. The van der Waals surface area contributed by atoms with Crippen molar-refractivity contribution in [2.45, 2.75) is 19.4 Å². The lowest BCUT2D eigenvalue weighted by atomic mass is 9.92. The fourth-order valence-corrected chi connectivity index (χ4v) is 4.00. The molecule has 5 heteroatoms. The van der Waals surface area contributed by atoms with Gasteiger partial charge in [-0.3, -0.25) is 4.79 Å². The molecule has 0 bridgehead atoms. The molecular weight excluding hydrogens is 340 g/mol. The van der Waals surface area contributed by atoms with Gasteiger partial charge in [-0.1, -0.05) is 30.3 Å². The minimum absolute atomic E-state index is 0.00591. The number of aromatic amines is 1. The molecule has 1 aliphatic heterocycles. The second-order valence-corrected chi connectivity index (χ2v) is 6.74. The smallest absolute Gasteiger partial charge is 0.249 e. The van der Waals surface area contributed by atoms with Gasteiger partial charge < -0.3 is 19.4 Å². The van der Waals surface area contributed by atoms with Crippen molar-refractivity contribution in [3.05, 3.63) is 65.4 Å². The summed E-state index contributed by atoms with van der Waals surface area (Å²) in [6.45, 7) is 3.33. The van der Waals surface area contributed by atoms with E-state index < -0.39 is 0 Å². The number of H-pyrrole nitrogens is 1. The average Bonchev–Trinajstić information content (AvgIpc) is 3.06. The number of methoxy groups -OCH3 is 1. The molecule has 27 heavy (non-hydrogen) atoms. The largest absolute Gasteiger partial charge is 0.494 e. The van der Waals surface area contributed by atoms with Gasteiger partial charge in [-0.2, -0.15) is 0 Å². The van der Waals surface area contributed by atoms with E-state index in [9.17, 15) is 4.79 Å². The topological polar surface area (TPSA) is 54.6 Å². The number of ether oxygens (including phenoxy) is 2. The number of benzene rings is 2. The summed E-state index contributed by atoms with van der Waals surface area (Å²) in [6, 6.07) is 16.2. The summed E-state index contributed by atoms with van der Waals surface area (Å²) in [5, 5.41) is 1.23. The van der Waals surface area contributed by atoms with Crippen LogP contribution in [-0.2, 0) is 16.0 Å². The number of hydrogen-bond donors (Lipinski definition) is 1. The predicted molar refractivity (Wildman–Crippen MR) is 105 cm³/mol. The summed E-state index contributed by atoms with van der Waals surface area (Å²) in [7, 11) is 1.56. The van der Waals surface area contributed by atoms with Crippen LogP contribution in [0.3, 0.4) is 0 Å². The van der Waals surface area contributed by atoms with Crippen molar-refractivity contribution in [2.24, 2.45) is 0 Å². The van der Waals surface area contributed by atoms with Crippen LogP contribution in [0, 0.1) is 0 Å². The third kappa shape index (κ3) is 3.19. The van der Waals surface area contributed by atoms with E-state index in [1.165, 1.54) is 10.9 Å². The molecule has 5 nitrogen and oxygen atoms in total. The lowest BCUT2D eigenvalue weighted by Crippen LogP contribution is -2.42. The highest BCUT2D eigenvalue weighted by Crippen LogP contribution is 2.39. The Bertz CT molecular complexity index is 963. The van der Waals surface area contributed by atoms with Gasteiger partial charge in [0.15, 0.2) is 0 Å². The van der Waals surface area contributed by atoms with Crippen LogP contribution < -0.4 is 4.74 Å². The maximum Gasteiger partial charge on any atom is 0.249 e. The van der Waals surface area contributed by atoms with Gasteiger partial charge in [0.2, 0.25) is 5.91 Å². The molecule has 1 N–H and O–H groups in total. The molecule has 1 unspecified atom stereocenters. The van der Waals surface area contributed by atoms with Crippen molar-refractivity contribution in [2.75, 3.05) is 26.9 Å². The molecular formula is C22H24N2O3. The molecule has 0 spiro atoms. The lowest BCUT2D eigenvalue weighted by molar-refractivity contribution is -0.137. The number of rotatable bonds is 5. The van der Waals surface area contributed by atoms with Crippen LogP contribution in [-0.4, -0.2) is 42.7 Å². The van der Waals surface area contributed by atoms with E-state index in [0.717, 1.165) is 28.9 Å². The zero-order valence-corrected chi connectivity index (χ0v) is 15.7. The minimum Gasteiger partial charge on any atom is -0.494 e. The normalized spacial score (nSPS) is 16.4. The van der Waals surface area contributed by atoms with E-state index in [1.807, 2.05) is 36.1 Å². The summed E-state index contributed by atoms with van der Waals surface area (Å²) in [5.74, 6) is 0.811. The van der Waals surface area contributed by atoms with Crippen LogP contribution in [0.1, 0.15) is 29.8 Å². The van der Waals surface area contributed by atoms with Crippen molar-refractivity contribution in [3.63, 3.8) is 0 Å². The van der Waals surface area contributed by atoms with Crippen LogP contribution in [0.4, 0.5) is 0 Å². The lowest BCUT2D eigenvalue weighted by Gasteiger charge is -2.36. The highest BCUT2D eigenvalue weighted by molar-refractivity contribution is 5.86. The Hall–Kier alpha value is -2.79. The van der Waals surface area contributed by atoms with Crippen molar-refractivity contribution >= 4 is 16.8 Å². The second-order valence-electron chi connectivity index (χ2n) is 6.74. The Labute approximate surface area is 158 Å². The average molecular weight is 364 g/mol. The van der Waals surface area contributed by atoms with E-state index in [-0.39, 0.29) is 18.6 Å². The molecule has 2 aromatic carbocycles. The molecule has 3 aromatic rings. The number of fused-ring (bicyclic) bond motifs is 3. The number of nitrogens with one attached hydrogen (secondary N) is 1. The molecule has 0 aliphatic carbocycles. The van der Waals surface area contributed by atoms with Gasteiger partial charge in [-0.15, -0.1) is 0 Å². The van der Waals surface area contributed by atoms with E-state index in [0.29, 0.717) is 13.2 Å². The first-order chi connectivity index (χ1) is 13.2. The van der Waals surface area contributed by atoms with Gasteiger partial charge in [-0.25, -0.2) is 0 Å². The van der Waals surface area contributed by atoms with Crippen LogP contribution in [0.15, 0.2) is 48.5 Å². The minimum atomic E-state index is -0.177. The summed E-state index contributed by atoms with van der Waals surface area (Å²) in [4.78, 5) is 18.2.